The average Bonchev–Trinajstić information content (AvgIpc) is 2.78. The lowest BCUT2D eigenvalue weighted by Gasteiger charge is -2.33. The van der Waals surface area contributed by atoms with E-state index in [1.54, 1.807) is 24.3 Å². The second kappa shape index (κ2) is 10.7. The molecule has 3 amide bonds. The van der Waals surface area contributed by atoms with Crippen molar-refractivity contribution in [1.29, 1.82) is 0 Å². The lowest BCUT2D eigenvalue weighted by molar-refractivity contribution is -0.137. The van der Waals surface area contributed by atoms with Crippen LogP contribution in [0.4, 0.5) is 13.2 Å². The van der Waals surface area contributed by atoms with E-state index in [0.29, 0.717) is 23.4 Å². The summed E-state index contributed by atoms with van der Waals surface area (Å²) in [5.74, 6) is -1.56. The molecule has 6 nitrogen and oxygen atoms in total. The molecule has 1 aliphatic carbocycles. The van der Waals surface area contributed by atoms with E-state index in [2.05, 4.69) is 16.0 Å². The Hall–Kier alpha value is -3.07. The van der Waals surface area contributed by atoms with Crippen molar-refractivity contribution in [1.82, 2.24) is 16.0 Å². The molecule has 1 fully saturated rings. The summed E-state index contributed by atoms with van der Waals surface area (Å²) in [5, 5.41) is 8.59. The zero-order valence-electron chi connectivity index (χ0n) is 17.5. The van der Waals surface area contributed by atoms with Gasteiger partial charge in [-0.1, -0.05) is 30.5 Å². The number of carbonyl (C=O) groups is 3. The van der Waals surface area contributed by atoms with Gasteiger partial charge in [0.15, 0.2) is 0 Å². The normalized spacial score (nSPS) is 18.3. The quantitative estimate of drug-likeness (QED) is 0.584. The second-order valence-electron chi connectivity index (χ2n) is 7.81. The molecule has 10 heteroatoms. The Bertz CT molecular complexity index is 1010. The lowest BCUT2D eigenvalue weighted by Crippen LogP contribution is -2.54. The molecule has 0 spiro atoms. The Kier molecular flexibility index (Phi) is 7.97. The summed E-state index contributed by atoms with van der Waals surface area (Å²) in [6.07, 6.45) is -1.47. The molecule has 0 bridgehead atoms. The number of benzene rings is 2. The maximum Gasteiger partial charge on any atom is 0.416 e. The van der Waals surface area contributed by atoms with Gasteiger partial charge in [0.1, 0.15) is 0 Å². The van der Waals surface area contributed by atoms with Crippen LogP contribution >= 0.6 is 11.6 Å². The summed E-state index contributed by atoms with van der Waals surface area (Å²) >= 11 is 5.85. The predicted molar refractivity (Wildman–Crippen MR) is 117 cm³/mol. The number of alkyl halides is 3. The van der Waals surface area contributed by atoms with Crippen LogP contribution in [-0.2, 0) is 11.0 Å². The molecule has 0 saturated heterocycles. The molecule has 0 aromatic heterocycles. The van der Waals surface area contributed by atoms with Crippen molar-refractivity contribution in [3.63, 3.8) is 0 Å². The van der Waals surface area contributed by atoms with E-state index in [1.165, 1.54) is 6.07 Å². The van der Waals surface area contributed by atoms with E-state index in [1.807, 2.05) is 0 Å². The van der Waals surface area contributed by atoms with Crippen LogP contribution in [0.2, 0.25) is 5.02 Å². The summed E-state index contributed by atoms with van der Waals surface area (Å²) in [6, 6.07) is 9.81. The van der Waals surface area contributed by atoms with Crippen LogP contribution < -0.4 is 16.0 Å². The van der Waals surface area contributed by atoms with Gasteiger partial charge in [0.2, 0.25) is 5.91 Å². The second-order valence-corrected chi connectivity index (χ2v) is 8.24. The SMILES string of the molecule is O=C(CNC(=O)c1cccc(C(F)(F)F)c1)NC1CCCCC1NC(=O)c1ccc(Cl)cc1. The van der Waals surface area contributed by atoms with Gasteiger partial charge in [0.25, 0.3) is 11.8 Å². The van der Waals surface area contributed by atoms with E-state index in [4.69, 9.17) is 11.6 Å². The molecule has 1 aliphatic rings. The van der Waals surface area contributed by atoms with Crippen LogP contribution in [0.15, 0.2) is 48.5 Å². The van der Waals surface area contributed by atoms with Crippen molar-refractivity contribution >= 4 is 29.3 Å². The van der Waals surface area contributed by atoms with Gasteiger partial charge in [-0.2, -0.15) is 13.2 Å². The predicted octanol–water partition coefficient (Wildman–Crippen LogP) is 3.95. The highest BCUT2D eigenvalue weighted by Crippen LogP contribution is 2.29. The molecule has 0 radical (unpaired) electrons. The molecule has 2 atom stereocenters. The van der Waals surface area contributed by atoms with Crippen molar-refractivity contribution in [2.24, 2.45) is 0 Å². The average molecular weight is 482 g/mol. The topological polar surface area (TPSA) is 87.3 Å². The van der Waals surface area contributed by atoms with Gasteiger partial charge in [-0.25, -0.2) is 0 Å². The van der Waals surface area contributed by atoms with E-state index >= 15 is 0 Å². The van der Waals surface area contributed by atoms with Crippen LogP contribution in [-0.4, -0.2) is 36.3 Å². The highest BCUT2D eigenvalue weighted by atomic mass is 35.5. The molecule has 33 heavy (non-hydrogen) atoms. The molecule has 0 aliphatic heterocycles. The van der Waals surface area contributed by atoms with Gasteiger partial charge in [-0.3, -0.25) is 14.4 Å². The van der Waals surface area contributed by atoms with Gasteiger partial charge in [-0.15, -0.1) is 0 Å². The number of nitrogens with one attached hydrogen (secondary N) is 3. The van der Waals surface area contributed by atoms with Crippen molar-refractivity contribution in [2.75, 3.05) is 6.54 Å². The van der Waals surface area contributed by atoms with Crippen LogP contribution in [0.1, 0.15) is 52.0 Å². The third kappa shape index (κ3) is 6.95. The van der Waals surface area contributed by atoms with Crippen LogP contribution in [0.3, 0.4) is 0 Å². The Balaban J connectivity index is 1.54. The van der Waals surface area contributed by atoms with Gasteiger partial charge < -0.3 is 16.0 Å². The van der Waals surface area contributed by atoms with Gasteiger partial charge in [0.05, 0.1) is 12.1 Å². The monoisotopic (exact) mass is 481 g/mol. The van der Waals surface area contributed by atoms with Gasteiger partial charge >= 0.3 is 6.18 Å². The highest BCUT2D eigenvalue weighted by Gasteiger charge is 2.31. The van der Waals surface area contributed by atoms with E-state index in [9.17, 15) is 27.6 Å². The third-order valence-electron chi connectivity index (χ3n) is 5.40. The maximum atomic E-state index is 12.8. The zero-order chi connectivity index (χ0) is 24.0. The Morgan fingerprint density at radius 3 is 2.15 bits per heavy atom. The van der Waals surface area contributed by atoms with Gasteiger partial charge in [0, 0.05) is 28.2 Å². The van der Waals surface area contributed by atoms with Crippen LogP contribution in [0.5, 0.6) is 0 Å². The van der Waals surface area contributed by atoms with E-state index < -0.39 is 30.1 Å². The molecule has 2 aromatic rings. The van der Waals surface area contributed by atoms with Crippen molar-refractivity contribution < 1.29 is 27.6 Å². The first-order valence-electron chi connectivity index (χ1n) is 10.4. The first-order chi connectivity index (χ1) is 15.6. The fourth-order valence-electron chi connectivity index (χ4n) is 3.69. The minimum absolute atomic E-state index is 0.191. The first kappa shape index (κ1) is 24.6. The molecule has 1 saturated carbocycles. The molecule has 176 valence electrons. The summed E-state index contributed by atoms with van der Waals surface area (Å²) in [6.45, 7) is -0.399. The molecule has 0 heterocycles. The molecule has 2 unspecified atom stereocenters. The van der Waals surface area contributed by atoms with Crippen molar-refractivity contribution in [3.05, 3.63) is 70.2 Å². The third-order valence-corrected chi connectivity index (χ3v) is 5.65. The summed E-state index contributed by atoms with van der Waals surface area (Å²) in [7, 11) is 0. The zero-order valence-corrected chi connectivity index (χ0v) is 18.3. The van der Waals surface area contributed by atoms with Crippen LogP contribution in [0.25, 0.3) is 0 Å². The standard InChI is InChI=1S/C23H23ClF3N3O3/c24-17-10-8-14(9-11-17)22(33)30-19-7-2-1-6-18(19)29-20(31)13-28-21(32)15-4-3-5-16(12-15)23(25,26)27/h3-5,8-12,18-19H,1-2,6-7,13H2,(H,28,32)(H,29,31)(H,30,33). The van der Waals surface area contributed by atoms with E-state index in [0.717, 1.165) is 31.0 Å². The Morgan fingerprint density at radius 1 is 0.879 bits per heavy atom. The smallest absolute Gasteiger partial charge is 0.350 e. The highest BCUT2D eigenvalue weighted by molar-refractivity contribution is 6.30. The molecule has 3 N–H and O–H groups in total. The number of amides is 3. The minimum atomic E-state index is -4.57. The summed E-state index contributed by atoms with van der Waals surface area (Å²) in [5.41, 5.74) is -0.687. The molecular formula is C23H23ClF3N3O3. The molecule has 2 aromatic carbocycles. The van der Waals surface area contributed by atoms with Crippen molar-refractivity contribution in [2.45, 2.75) is 43.9 Å². The number of hydrogen-bond acceptors (Lipinski definition) is 3. The van der Waals surface area contributed by atoms with Crippen molar-refractivity contribution in [3.8, 4) is 0 Å². The first-order valence-corrected chi connectivity index (χ1v) is 10.8. The Morgan fingerprint density at radius 2 is 1.52 bits per heavy atom. The maximum absolute atomic E-state index is 12.8. The number of rotatable bonds is 6. The fraction of sp³-hybridized carbons (Fsp3) is 0.348. The van der Waals surface area contributed by atoms with E-state index in [-0.39, 0.29) is 23.6 Å². The van der Waals surface area contributed by atoms with Crippen LogP contribution in [0, 0.1) is 0 Å². The number of halogens is 4. The minimum Gasteiger partial charge on any atom is -0.350 e. The number of carbonyl (C=O) groups excluding carboxylic acids is 3. The fourth-order valence-corrected chi connectivity index (χ4v) is 3.81. The lowest BCUT2D eigenvalue weighted by atomic mass is 9.90. The Labute approximate surface area is 193 Å². The van der Waals surface area contributed by atoms with Gasteiger partial charge in [-0.05, 0) is 55.3 Å². The molecule has 3 rings (SSSR count). The summed E-state index contributed by atoms with van der Waals surface area (Å²) < 4.78 is 38.5. The molecular weight excluding hydrogens is 459 g/mol. The summed E-state index contributed by atoms with van der Waals surface area (Å²) in [4.78, 5) is 37.1. The number of hydrogen-bond donors (Lipinski definition) is 3. The largest absolute Gasteiger partial charge is 0.416 e.